The highest BCUT2D eigenvalue weighted by Crippen LogP contribution is 2.32. The summed E-state index contributed by atoms with van der Waals surface area (Å²) in [7, 11) is 1.86. The van der Waals surface area contributed by atoms with E-state index < -0.39 is 0 Å². The maximum Gasteiger partial charge on any atom is 0.231 e. The highest BCUT2D eigenvalue weighted by atomic mass is 16.7. The number of nitrogens with one attached hydrogen (secondary N) is 1. The van der Waals surface area contributed by atoms with Crippen LogP contribution in [0.1, 0.15) is 19.4 Å². The lowest BCUT2D eigenvalue weighted by Crippen LogP contribution is -2.25. The number of fused-ring (bicyclic) bond motifs is 1. The third-order valence-electron chi connectivity index (χ3n) is 2.43. The average molecular weight is 233 g/mol. The second-order valence-electron chi connectivity index (χ2n) is 3.40. The zero-order valence-electron chi connectivity index (χ0n) is 10.6. The van der Waals surface area contributed by atoms with E-state index in [9.17, 15) is 0 Å². The first-order chi connectivity index (χ1) is 8.33. The Balaban J connectivity index is 0.000000686. The van der Waals surface area contributed by atoms with Crippen molar-refractivity contribution in [2.24, 2.45) is 0 Å². The van der Waals surface area contributed by atoms with Gasteiger partial charge in [-0.3, -0.25) is 0 Å². The van der Waals surface area contributed by atoms with Crippen molar-refractivity contribution in [2.75, 3.05) is 13.8 Å². The first-order valence-corrected chi connectivity index (χ1v) is 5.85. The number of terminal acetylenes is 1. The van der Waals surface area contributed by atoms with Crippen LogP contribution in [0.4, 0.5) is 0 Å². The molecule has 3 heteroatoms. The first kappa shape index (κ1) is 13.4. The molecule has 0 saturated heterocycles. The number of hydrogen-bond donors (Lipinski definition) is 1. The highest BCUT2D eigenvalue weighted by molar-refractivity contribution is 5.44. The molecule has 0 bridgehead atoms. The minimum Gasteiger partial charge on any atom is -0.454 e. The van der Waals surface area contributed by atoms with Gasteiger partial charge in [0.05, 0.1) is 6.04 Å². The van der Waals surface area contributed by atoms with Crippen LogP contribution in [0, 0.1) is 12.3 Å². The molecule has 1 aliphatic rings. The van der Waals surface area contributed by atoms with E-state index in [1.807, 2.05) is 39.1 Å². The second kappa shape index (κ2) is 6.82. The average Bonchev–Trinajstić information content (AvgIpc) is 2.85. The number of rotatable bonds is 3. The van der Waals surface area contributed by atoms with Crippen LogP contribution in [0.25, 0.3) is 0 Å². The molecule has 1 aliphatic heterocycles. The Morgan fingerprint density at radius 2 is 2.06 bits per heavy atom. The van der Waals surface area contributed by atoms with Crippen LogP contribution in [0.3, 0.4) is 0 Å². The van der Waals surface area contributed by atoms with E-state index in [1.54, 1.807) is 0 Å². The van der Waals surface area contributed by atoms with Crippen LogP contribution >= 0.6 is 0 Å². The molecule has 0 spiro atoms. The Morgan fingerprint density at radius 3 is 2.71 bits per heavy atom. The van der Waals surface area contributed by atoms with Gasteiger partial charge in [-0.15, -0.1) is 6.42 Å². The molecule has 1 aromatic rings. The summed E-state index contributed by atoms with van der Waals surface area (Å²) in [6, 6.07) is 5.96. The fourth-order valence-electron chi connectivity index (χ4n) is 1.55. The number of hydrogen-bond acceptors (Lipinski definition) is 3. The quantitative estimate of drug-likeness (QED) is 0.812. The smallest absolute Gasteiger partial charge is 0.231 e. The third-order valence-corrected chi connectivity index (χ3v) is 2.43. The molecule has 17 heavy (non-hydrogen) atoms. The topological polar surface area (TPSA) is 30.5 Å². The van der Waals surface area contributed by atoms with Crippen molar-refractivity contribution in [1.82, 2.24) is 5.32 Å². The van der Waals surface area contributed by atoms with Crippen molar-refractivity contribution < 1.29 is 9.47 Å². The van der Waals surface area contributed by atoms with Gasteiger partial charge in [0.1, 0.15) is 0 Å². The normalized spacial score (nSPS) is 13.3. The zero-order chi connectivity index (χ0) is 12.7. The van der Waals surface area contributed by atoms with E-state index in [2.05, 4.69) is 11.2 Å². The van der Waals surface area contributed by atoms with E-state index in [0.29, 0.717) is 6.79 Å². The molecule has 1 heterocycles. The SMILES string of the molecule is C#CC(Cc1ccc2c(c1)OCO2)NC.CC. The first-order valence-electron chi connectivity index (χ1n) is 5.85. The molecule has 2 rings (SSSR count). The maximum absolute atomic E-state index is 5.38. The maximum atomic E-state index is 5.38. The van der Waals surface area contributed by atoms with Crippen molar-refractivity contribution in [3.05, 3.63) is 23.8 Å². The van der Waals surface area contributed by atoms with Gasteiger partial charge in [0, 0.05) is 0 Å². The monoisotopic (exact) mass is 233 g/mol. The lowest BCUT2D eigenvalue weighted by atomic mass is 10.1. The Morgan fingerprint density at radius 1 is 1.35 bits per heavy atom. The molecule has 0 aromatic heterocycles. The minimum atomic E-state index is 0.0605. The van der Waals surface area contributed by atoms with Crippen molar-refractivity contribution in [3.63, 3.8) is 0 Å². The molecular formula is C14H19NO2. The van der Waals surface area contributed by atoms with Gasteiger partial charge >= 0.3 is 0 Å². The standard InChI is InChI=1S/C12H13NO2.C2H6/c1-3-10(13-2)6-9-4-5-11-12(7-9)15-8-14-11;1-2/h1,4-5,7,10,13H,6,8H2,2H3;1-2H3. The van der Waals surface area contributed by atoms with Crippen molar-refractivity contribution in [1.29, 1.82) is 0 Å². The Kier molecular flexibility index (Phi) is 5.38. The van der Waals surface area contributed by atoms with E-state index in [-0.39, 0.29) is 6.04 Å². The van der Waals surface area contributed by atoms with Crippen LogP contribution in [-0.2, 0) is 6.42 Å². The summed E-state index contributed by atoms with van der Waals surface area (Å²) in [5.74, 6) is 4.30. The van der Waals surface area contributed by atoms with Gasteiger partial charge in [-0.25, -0.2) is 0 Å². The summed E-state index contributed by atoms with van der Waals surface area (Å²) in [4.78, 5) is 0. The molecular weight excluding hydrogens is 214 g/mol. The largest absolute Gasteiger partial charge is 0.454 e. The van der Waals surface area contributed by atoms with Crippen molar-refractivity contribution in [2.45, 2.75) is 26.3 Å². The van der Waals surface area contributed by atoms with E-state index in [4.69, 9.17) is 15.9 Å². The number of likely N-dealkylation sites (N-methyl/N-ethyl adjacent to an activating group) is 1. The summed E-state index contributed by atoms with van der Waals surface area (Å²) in [5, 5.41) is 3.06. The second-order valence-corrected chi connectivity index (χ2v) is 3.40. The molecule has 3 nitrogen and oxygen atoms in total. The van der Waals surface area contributed by atoms with Crippen LogP contribution in [0.2, 0.25) is 0 Å². The van der Waals surface area contributed by atoms with E-state index in [1.165, 1.54) is 0 Å². The molecule has 0 fully saturated rings. The van der Waals surface area contributed by atoms with Gasteiger partial charge in [-0.1, -0.05) is 25.8 Å². The summed E-state index contributed by atoms with van der Waals surface area (Å²) in [6.45, 7) is 4.31. The minimum absolute atomic E-state index is 0.0605. The van der Waals surface area contributed by atoms with Crippen LogP contribution in [-0.4, -0.2) is 19.9 Å². The van der Waals surface area contributed by atoms with E-state index in [0.717, 1.165) is 23.5 Å². The Bertz CT molecular complexity index is 396. The van der Waals surface area contributed by atoms with Gasteiger partial charge in [-0.2, -0.15) is 0 Å². The van der Waals surface area contributed by atoms with Gasteiger partial charge < -0.3 is 14.8 Å². The molecule has 1 unspecified atom stereocenters. The molecule has 0 radical (unpaired) electrons. The third kappa shape index (κ3) is 3.40. The van der Waals surface area contributed by atoms with Crippen LogP contribution in [0.15, 0.2) is 18.2 Å². The number of ether oxygens (including phenoxy) is 2. The molecule has 92 valence electrons. The Labute approximate surface area is 103 Å². The molecule has 1 N–H and O–H groups in total. The van der Waals surface area contributed by atoms with Crippen molar-refractivity contribution >= 4 is 0 Å². The number of benzene rings is 1. The molecule has 0 saturated carbocycles. The highest BCUT2D eigenvalue weighted by Gasteiger charge is 2.14. The van der Waals surface area contributed by atoms with Gasteiger partial charge in [-0.05, 0) is 31.2 Å². The van der Waals surface area contributed by atoms with Gasteiger partial charge in [0.25, 0.3) is 0 Å². The van der Waals surface area contributed by atoms with E-state index >= 15 is 0 Å². The van der Waals surface area contributed by atoms with Gasteiger partial charge in [0.15, 0.2) is 11.5 Å². The molecule has 1 aromatic carbocycles. The predicted octanol–water partition coefficient (Wildman–Crippen LogP) is 2.21. The molecule has 0 amide bonds. The summed E-state index contributed by atoms with van der Waals surface area (Å²) >= 11 is 0. The summed E-state index contributed by atoms with van der Waals surface area (Å²) in [5.41, 5.74) is 1.15. The predicted molar refractivity (Wildman–Crippen MR) is 69.3 cm³/mol. The lowest BCUT2D eigenvalue weighted by molar-refractivity contribution is 0.174. The summed E-state index contributed by atoms with van der Waals surface area (Å²) in [6.07, 6.45) is 6.17. The van der Waals surface area contributed by atoms with Gasteiger partial charge in [0.2, 0.25) is 6.79 Å². The van der Waals surface area contributed by atoms with Crippen LogP contribution < -0.4 is 14.8 Å². The molecule has 0 aliphatic carbocycles. The summed E-state index contributed by atoms with van der Waals surface area (Å²) < 4.78 is 10.5. The fourth-order valence-corrected chi connectivity index (χ4v) is 1.55. The fraction of sp³-hybridized carbons (Fsp3) is 0.429. The molecule has 1 atom stereocenters. The lowest BCUT2D eigenvalue weighted by Gasteiger charge is -2.09. The Hall–Kier alpha value is -1.66. The zero-order valence-corrected chi connectivity index (χ0v) is 10.6. The van der Waals surface area contributed by atoms with Crippen LogP contribution in [0.5, 0.6) is 11.5 Å². The van der Waals surface area contributed by atoms with Crippen molar-refractivity contribution in [3.8, 4) is 23.8 Å².